The first-order valence-electron chi connectivity index (χ1n) is 8.82. The standard InChI is InChI=1S/C20H15F3N4O2S/c1-12-6-13(8-15(7-12)29-20(21,22)23)9-24-18(28)14-10-25-27(11-14)19-26-16-4-2-3-5-17(16)30-19/h2-8,10-11H,9H2,1H3,(H,24,28). The van der Waals surface area contributed by atoms with E-state index < -0.39 is 12.3 Å². The molecule has 0 radical (unpaired) electrons. The molecular formula is C20H15F3N4O2S. The molecule has 0 saturated carbocycles. The maximum absolute atomic E-state index is 12.4. The fourth-order valence-electron chi connectivity index (χ4n) is 2.91. The number of aromatic nitrogens is 3. The molecule has 0 fully saturated rings. The molecule has 0 saturated heterocycles. The lowest BCUT2D eigenvalue weighted by atomic mass is 10.1. The maximum Gasteiger partial charge on any atom is 0.573 e. The summed E-state index contributed by atoms with van der Waals surface area (Å²) in [7, 11) is 0. The normalized spacial score (nSPS) is 11.6. The number of halogens is 3. The lowest BCUT2D eigenvalue weighted by Gasteiger charge is -2.12. The highest BCUT2D eigenvalue weighted by molar-refractivity contribution is 7.20. The minimum Gasteiger partial charge on any atom is -0.406 e. The number of fused-ring (bicyclic) bond motifs is 1. The smallest absolute Gasteiger partial charge is 0.406 e. The van der Waals surface area contributed by atoms with Gasteiger partial charge < -0.3 is 10.1 Å². The third-order valence-corrected chi connectivity index (χ3v) is 5.15. The number of carbonyl (C=O) groups excluding carboxylic acids is 1. The van der Waals surface area contributed by atoms with Crippen molar-refractivity contribution in [1.29, 1.82) is 0 Å². The highest BCUT2D eigenvalue weighted by Gasteiger charge is 2.31. The van der Waals surface area contributed by atoms with Crippen LogP contribution in [0.3, 0.4) is 0 Å². The zero-order chi connectivity index (χ0) is 21.3. The molecule has 0 aliphatic carbocycles. The van der Waals surface area contributed by atoms with Crippen LogP contribution in [0.15, 0.2) is 54.9 Å². The number of amides is 1. The van der Waals surface area contributed by atoms with Gasteiger partial charge in [0.05, 0.1) is 22.0 Å². The van der Waals surface area contributed by atoms with Gasteiger partial charge in [-0.1, -0.05) is 29.5 Å². The van der Waals surface area contributed by atoms with Gasteiger partial charge in [-0.25, -0.2) is 9.67 Å². The maximum atomic E-state index is 12.4. The first-order valence-corrected chi connectivity index (χ1v) is 9.64. The van der Waals surface area contributed by atoms with Crippen LogP contribution in [0.25, 0.3) is 15.3 Å². The van der Waals surface area contributed by atoms with E-state index in [9.17, 15) is 18.0 Å². The zero-order valence-corrected chi connectivity index (χ0v) is 16.4. The number of hydrogen-bond donors (Lipinski definition) is 1. The summed E-state index contributed by atoms with van der Waals surface area (Å²) in [5.74, 6) is -0.724. The van der Waals surface area contributed by atoms with Gasteiger partial charge in [0, 0.05) is 12.7 Å². The second-order valence-corrected chi connectivity index (χ2v) is 7.53. The van der Waals surface area contributed by atoms with Crippen LogP contribution in [-0.2, 0) is 6.54 Å². The molecule has 154 valence electrons. The van der Waals surface area contributed by atoms with Crippen LogP contribution in [0, 0.1) is 6.92 Å². The molecule has 0 aliphatic heterocycles. The number of para-hydroxylation sites is 1. The Hall–Kier alpha value is -3.40. The minimum atomic E-state index is -4.77. The molecule has 30 heavy (non-hydrogen) atoms. The number of rotatable bonds is 5. The average Bonchev–Trinajstić information content (AvgIpc) is 3.31. The fraction of sp³-hybridized carbons (Fsp3) is 0.150. The molecule has 0 atom stereocenters. The quantitative estimate of drug-likeness (QED) is 0.500. The van der Waals surface area contributed by atoms with E-state index in [4.69, 9.17) is 0 Å². The Bertz CT molecular complexity index is 1180. The van der Waals surface area contributed by atoms with Gasteiger partial charge in [0.15, 0.2) is 0 Å². The van der Waals surface area contributed by atoms with Gasteiger partial charge in [-0.15, -0.1) is 13.2 Å². The lowest BCUT2D eigenvalue weighted by Crippen LogP contribution is -2.22. The van der Waals surface area contributed by atoms with Crippen molar-refractivity contribution in [3.8, 4) is 10.9 Å². The zero-order valence-electron chi connectivity index (χ0n) is 15.6. The highest BCUT2D eigenvalue weighted by Crippen LogP contribution is 2.26. The summed E-state index contributed by atoms with van der Waals surface area (Å²) in [5.41, 5.74) is 2.23. The van der Waals surface area contributed by atoms with Gasteiger partial charge in [0.1, 0.15) is 5.75 Å². The van der Waals surface area contributed by atoms with E-state index in [0.717, 1.165) is 10.2 Å². The number of alkyl halides is 3. The van der Waals surface area contributed by atoms with Gasteiger partial charge in [-0.3, -0.25) is 4.79 Å². The average molecular weight is 432 g/mol. The van der Waals surface area contributed by atoms with Gasteiger partial charge in [-0.05, 0) is 42.3 Å². The summed E-state index contributed by atoms with van der Waals surface area (Å²) in [4.78, 5) is 16.9. The molecular weight excluding hydrogens is 417 g/mol. The summed E-state index contributed by atoms with van der Waals surface area (Å²) in [6, 6.07) is 11.9. The van der Waals surface area contributed by atoms with E-state index in [1.54, 1.807) is 19.2 Å². The van der Waals surface area contributed by atoms with Crippen molar-refractivity contribution in [2.75, 3.05) is 0 Å². The Morgan fingerprint density at radius 2 is 2.03 bits per heavy atom. The molecule has 0 unspecified atom stereocenters. The number of ether oxygens (including phenoxy) is 1. The molecule has 0 spiro atoms. The predicted molar refractivity (Wildman–Crippen MR) is 106 cm³/mol. The third-order valence-electron chi connectivity index (χ3n) is 4.12. The van der Waals surface area contributed by atoms with E-state index in [-0.39, 0.29) is 12.3 Å². The molecule has 2 heterocycles. The monoisotopic (exact) mass is 432 g/mol. The Kier molecular flexibility index (Phi) is 5.17. The number of nitrogens with zero attached hydrogens (tertiary/aromatic N) is 3. The Balaban J connectivity index is 1.45. The fourth-order valence-corrected chi connectivity index (χ4v) is 3.81. The number of benzene rings is 2. The van der Waals surface area contributed by atoms with Crippen LogP contribution in [0.4, 0.5) is 13.2 Å². The van der Waals surface area contributed by atoms with Crippen molar-refractivity contribution in [3.63, 3.8) is 0 Å². The predicted octanol–water partition coefficient (Wildman–Crippen LogP) is 4.62. The minimum absolute atomic E-state index is 0.0427. The van der Waals surface area contributed by atoms with E-state index in [1.807, 2.05) is 24.3 Å². The van der Waals surface area contributed by atoms with Crippen LogP contribution in [0.5, 0.6) is 5.75 Å². The molecule has 2 aromatic heterocycles. The van der Waals surface area contributed by atoms with Crippen molar-refractivity contribution >= 4 is 27.5 Å². The second-order valence-electron chi connectivity index (χ2n) is 6.52. The third kappa shape index (κ3) is 4.60. The summed E-state index contributed by atoms with van der Waals surface area (Å²) in [6.07, 6.45) is -1.80. The number of nitrogens with one attached hydrogen (secondary N) is 1. The molecule has 1 amide bonds. The number of aryl methyl sites for hydroxylation is 1. The Morgan fingerprint density at radius 1 is 1.23 bits per heavy atom. The Labute approximate surface area is 172 Å². The van der Waals surface area contributed by atoms with Crippen LogP contribution in [-0.4, -0.2) is 27.0 Å². The second kappa shape index (κ2) is 7.79. The SMILES string of the molecule is Cc1cc(CNC(=O)c2cnn(-c3nc4ccccc4s3)c2)cc(OC(F)(F)F)c1. The van der Waals surface area contributed by atoms with Crippen LogP contribution in [0.2, 0.25) is 0 Å². The molecule has 0 bridgehead atoms. The summed E-state index contributed by atoms with van der Waals surface area (Å²) in [5, 5.41) is 7.49. The largest absolute Gasteiger partial charge is 0.573 e. The summed E-state index contributed by atoms with van der Waals surface area (Å²) >= 11 is 1.45. The first-order chi connectivity index (χ1) is 14.3. The van der Waals surface area contributed by atoms with Crippen molar-refractivity contribution < 1.29 is 22.7 Å². The molecule has 6 nitrogen and oxygen atoms in total. The van der Waals surface area contributed by atoms with Gasteiger partial charge in [0.25, 0.3) is 5.91 Å². The molecule has 2 aromatic carbocycles. The van der Waals surface area contributed by atoms with Gasteiger partial charge in [0.2, 0.25) is 5.13 Å². The Morgan fingerprint density at radius 3 is 2.80 bits per heavy atom. The van der Waals surface area contributed by atoms with Crippen LogP contribution >= 0.6 is 11.3 Å². The van der Waals surface area contributed by atoms with Crippen molar-refractivity contribution in [3.05, 3.63) is 71.5 Å². The van der Waals surface area contributed by atoms with Gasteiger partial charge in [-0.2, -0.15) is 5.10 Å². The number of hydrogen-bond acceptors (Lipinski definition) is 5. The topological polar surface area (TPSA) is 69.0 Å². The van der Waals surface area contributed by atoms with Crippen LogP contribution in [0.1, 0.15) is 21.5 Å². The number of thiazole rings is 1. The van der Waals surface area contributed by atoms with E-state index in [1.165, 1.54) is 34.3 Å². The molecule has 0 aliphatic rings. The van der Waals surface area contributed by atoms with Gasteiger partial charge >= 0.3 is 6.36 Å². The van der Waals surface area contributed by atoms with E-state index in [0.29, 0.717) is 21.8 Å². The highest BCUT2D eigenvalue weighted by atomic mass is 32.1. The summed E-state index contributed by atoms with van der Waals surface area (Å²) < 4.78 is 43.8. The van der Waals surface area contributed by atoms with Crippen molar-refractivity contribution in [1.82, 2.24) is 20.1 Å². The van der Waals surface area contributed by atoms with E-state index >= 15 is 0 Å². The number of carbonyl (C=O) groups is 1. The first kappa shape index (κ1) is 19.9. The van der Waals surface area contributed by atoms with Crippen molar-refractivity contribution in [2.45, 2.75) is 19.8 Å². The summed E-state index contributed by atoms with van der Waals surface area (Å²) in [6.45, 7) is 1.69. The van der Waals surface area contributed by atoms with Crippen molar-refractivity contribution in [2.24, 2.45) is 0 Å². The lowest BCUT2D eigenvalue weighted by molar-refractivity contribution is -0.274. The molecule has 4 rings (SSSR count). The molecule has 4 aromatic rings. The van der Waals surface area contributed by atoms with E-state index in [2.05, 4.69) is 20.1 Å². The molecule has 1 N–H and O–H groups in total. The van der Waals surface area contributed by atoms with Crippen LogP contribution < -0.4 is 10.1 Å². The molecule has 10 heteroatoms.